The summed E-state index contributed by atoms with van der Waals surface area (Å²) in [6.07, 6.45) is -2.41. The van der Waals surface area contributed by atoms with Crippen LogP contribution in [0.5, 0.6) is 28.7 Å². The minimum absolute atomic E-state index is 0.146. The van der Waals surface area contributed by atoms with Gasteiger partial charge in [-0.05, 0) is 66.2 Å². The van der Waals surface area contributed by atoms with Crippen LogP contribution in [0.4, 0.5) is 0 Å². The van der Waals surface area contributed by atoms with Crippen molar-refractivity contribution in [3.05, 3.63) is 163 Å². The highest BCUT2D eigenvalue weighted by Gasteiger charge is 2.51. The maximum Gasteiger partial charge on any atom is 0.335 e. The maximum absolute atomic E-state index is 11.9. The van der Waals surface area contributed by atoms with E-state index in [0.29, 0.717) is 28.6 Å². The molecule has 1 heterocycles. The van der Waals surface area contributed by atoms with Gasteiger partial charge in [0.1, 0.15) is 47.6 Å². The molecule has 0 amide bonds. The summed E-state index contributed by atoms with van der Waals surface area (Å²) in [6, 6.07) is 43.1. The fourth-order valence-corrected chi connectivity index (χ4v) is 5.54. The lowest BCUT2D eigenvalue weighted by molar-refractivity contribution is -0.210. The molecule has 0 bridgehead atoms. The second-order valence-electron chi connectivity index (χ2n) is 10.7. The summed E-state index contributed by atoms with van der Waals surface area (Å²) in [5.41, 5.74) is 0.680. The first-order valence-corrected chi connectivity index (χ1v) is 15.6. The maximum atomic E-state index is 11.9. The average molecular weight is 649 g/mol. The van der Waals surface area contributed by atoms with Gasteiger partial charge in [-0.25, -0.2) is 4.79 Å². The van der Waals surface area contributed by atoms with E-state index in [0.717, 1.165) is 6.08 Å². The molecule has 5 atom stereocenters. The number of rotatable bonds is 12. The highest BCUT2D eigenvalue weighted by Crippen LogP contribution is 2.40. The average Bonchev–Trinajstić information content (AvgIpc) is 3.11. The fourth-order valence-electron chi connectivity index (χ4n) is 5.31. The molecule has 0 saturated carbocycles. The zero-order valence-corrected chi connectivity index (χ0v) is 26.1. The van der Waals surface area contributed by atoms with Gasteiger partial charge in [0.05, 0.1) is 5.02 Å². The van der Waals surface area contributed by atoms with Crippen molar-refractivity contribution in [1.29, 1.82) is 0 Å². The van der Waals surface area contributed by atoms with Crippen LogP contribution in [0.1, 0.15) is 11.7 Å². The Kier molecular flexibility index (Phi) is 10.4. The monoisotopic (exact) mass is 648 g/mol. The first-order chi connectivity index (χ1) is 23.1. The molecule has 47 heavy (non-hydrogen) atoms. The van der Waals surface area contributed by atoms with E-state index in [-0.39, 0.29) is 17.4 Å². The number of carbonyl (C=O) groups is 1. The highest BCUT2D eigenvalue weighted by molar-refractivity contribution is 6.32. The molecule has 238 valence electrons. The van der Waals surface area contributed by atoms with Crippen molar-refractivity contribution in [3.8, 4) is 28.7 Å². The van der Waals surface area contributed by atoms with E-state index in [1.54, 1.807) is 18.2 Å². The summed E-state index contributed by atoms with van der Waals surface area (Å²) in [6.45, 7) is 3.61. The molecule has 1 saturated heterocycles. The van der Waals surface area contributed by atoms with Crippen molar-refractivity contribution in [1.82, 2.24) is 0 Å². The van der Waals surface area contributed by atoms with E-state index >= 15 is 0 Å². The molecule has 5 aromatic rings. The number of carbonyl (C=O) groups excluding carboxylic acids is 1. The van der Waals surface area contributed by atoms with Crippen LogP contribution in [0, 0.1) is 0 Å². The van der Waals surface area contributed by atoms with Gasteiger partial charge in [0.2, 0.25) is 0 Å². The second-order valence-corrected chi connectivity index (χ2v) is 11.1. The summed E-state index contributed by atoms with van der Waals surface area (Å²) in [4.78, 5) is 11.9. The largest absolute Gasteiger partial charge is 0.491 e. The third kappa shape index (κ3) is 8.14. The molecule has 1 fully saturated rings. The van der Waals surface area contributed by atoms with Crippen LogP contribution in [0.25, 0.3) is 0 Å². The molecule has 6 rings (SSSR count). The lowest BCUT2D eigenvalue weighted by Gasteiger charge is -2.46. The molecule has 0 spiro atoms. The molecule has 0 unspecified atom stereocenters. The van der Waals surface area contributed by atoms with E-state index in [1.807, 2.05) is 121 Å². The van der Waals surface area contributed by atoms with Gasteiger partial charge in [-0.3, -0.25) is 0 Å². The van der Waals surface area contributed by atoms with Crippen LogP contribution in [-0.4, -0.2) is 37.0 Å². The fraction of sp³-hybridized carbons (Fsp3) is 0.154. The van der Waals surface area contributed by atoms with Gasteiger partial charge < -0.3 is 28.4 Å². The van der Waals surface area contributed by atoms with Crippen LogP contribution < -0.4 is 23.7 Å². The van der Waals surface area contributed by atoms with Crippen LogP contribution in [0.2, 0.25) is 5.02 Å². The number of para-hydroxylation sites is 4. The van der Waals surface area contributed by atoms with Gasteiger partial charge in [0.15, 0.2) is 18.3 Å². The van der Waals surface area contributed by atoms with E-state index in [2.05, 4.69) is 6.58 Å². The molecule has 0 radical (unpaired) electrons. The number of hydrogen-bond donors (Lipinski definition) is 0. The second kappa shape index (κ2) is 15.4. The first-order valence-electron chi connectivity index (χ1n) is 15.2. The van der Waals surface area contributed by atoms with Crippen molar-refractivity contribution < 1.29 is 33.2 Å². The predicted molar refractivity (Wildman–Crippen MR) is 179 cm³/mol. The molecule has 8 heteroatoms. The standard InChI is InChI=1S/C39H33ClO7/c1-2-35(41)46-33-24-23-27(25-32(33)40)36-38(44-30-19-11-5-12-20-30)39(45-31-21-13-6-14-22-31)37(43-29-17-9-4-10-18-29)34(47-36)26-42-28-15-7-3-8-16-28/h2-25,34,36-39H,1,26H2/t34-,36-,37-,38-,39+/m1/s1. The molecule has 7 nitrogen and oxygen atoms in total. The van der Waals surface area contributed by atoms with E-state index in [9.17, 15) is 4.79 Å². The van der Waals surface area contributed by atoms with Crippen LogP contribution >= 0.6 is 11.6 Å². The lowest BCUT2D eigenvalue weighted by atomic mass is 9.90. The Bertz CT molecular complexity index is 1740. The number of halogens is 1. The lowest BCUT2D eigenvalue weighted by Crippen LogP contribution is -2.62. The molecule has 0 aromatic heterocycles. The van der Waals surface area contributed by atoms with Crippen molar-refractivity contribution >= 4 is 17.6 Å². The minimum Gasteiger partial charge on any atom is -0.491 e. The quantitative estimate of drug-likeness (QED) is 0.0766. The Morgan fingerprint density at radius 2 is 1.15 bits per heavy atom. The number of esters is 1. The Balaban J connectivity index is 1.44. The number of hydrogen-bond acceptors (Lipinski definition) is 7. The van der Waals surface area contributed by atoms with Crippen LogP contribution in [0.15, 0.2) is 152 Å². The molecular formula is C39H33ClO7. The first kappa shape index (κ1) is 31.7. The van der Waals surface area contributed by atoms with Crippen molar-refractivity contribution in [2.75, 3.05) is 6.61 Å². The SMILES string of the molecule is C=CC(=O)Oc1ccc([C@H]2O[C@H](COc3ccccc3)[C@@H](Oc3ccccc3)[C@H](Oc3ccccc3)[C@@H]2Oc2ccccc2)cc1Cl. The van der Waals surface area contributed by atoms with Gasteiger partial charge in [-0.1, -0.05) is 97.0 Å². The Labute approximate surface area is 278 Å². The van der Waals surface area contributed by atoms with Gasteiger partial charge in [-0.2, -0.15) is 0 Å². The van der Waals surface area contributed by atoms with Gasteiger partial charge >= 0.3 is 5.97 Å². The van der Waals surface area contributed by atoms with E-state index in [4.69, 9.17) is 40.0 Å². The number of benzene rings is 5. The van der Waals surface area contributed by atoms with Crippen molar-refractivity contribution in [2.24, 2.45) is 0 Å². The molecule has 5 aromatic carbocycles. The van der Waals surface area contributed by atoms with E-state index < -0.39 is 36.5 Å². The topological polar surface area (TPSA) is 72.5 Å². The molecule has 0 aliphatic carbocycles. The summed E-state index contributed by atoms with van der Waals surface area (Å²) >= 11 is 6.65. The molecule has 1 aliphatic rings. The Hall–Kier alpha value is -5.24. The third-order valence-electron chi connectivity index (χ3n) is 7.50. The normalized spacial score (nSPS) is 20.4. The molecule has 1 aliphatic heterocycles. The summed E-state index contributed by atoms with van der Waals surface area (Å²) in [5, 5.41) is 0.222. The van der Waals surface area contributed by atoms with Crippen molar-refractivity contribution in [2.45, 2.75) is 30.5 Å². The predicted octanol–water partition coefficient (Wildman–Crippen LogP) is 8.29. The van der Waals surface area contributed by atoms with Gasteiger partial charge in [0.25, 0.3) is 0 Å². The van der Waals surface area contributed by atoms with Crippen LogP contribution in [-0.2, 0) is 9.53 Å². The molecular weight excluding hydrogens is 616 g/mol. The number of ether oxygens (including phenoxy) is 6. The summed E-state index contributed by atoms with van der Waals surface area (Å²) in [5.74, 6) is 2.16. The highest BCUT2D eigenvalue weighted by atomic mass is 35.5. The smallest absolute Gasteiger partial charge is 0.335 e. The van der Waals surface area contributed by atoms with Crippen LogP contribution in [0.3, 0.4) is 0 Å². The molecule has 0 N–H and O–H groups in total. The summed E-state index contributed by atoms with van der Waals surface area (Å²) < 4.78 is 38.7. The van der Waals surface area contributed by atoms with Gasteiger partial charge in [0, 0.05) is 6.08 Å². The Morgan fingerprint density at radius 3 is 1.66 bits per heavy atom. The zero-order chi connectivity index (χ0) is 32.4. The summed E-state index contributed by atoms with van der Waals surface area (Å²) in [7, 11) is 0. The third-order valence-corrected chi connectivity index (χ3v) is 7.79. The Morgan fingerprint density at radius 1 is 0.660 bits per heavy atom. The minimum atomic E-state index is -0.739. The van der Waals surface area contributed by atoms with Gasteiger partial charge in [-0.15, -0.1) is 0 Å². The zero-order valence-electron chi connectivity index (χ0n) is 25.4. The van der Waals surface area contributed by atoms with E-state index in [1.165, 1.54) is 0 Å². The van der Waals surface area contributed by atoms with Crippen molar-refractivity contribution in [3.63, 3.8) is 0 Å².